The van der Waals surface area contributed by atoms with Crippen LogP contribution in [0.3, 0.4) is 0 Å². The van der Waals surface area contributed by atoms with Crippen molar-refractivity contribution in [3.05, 3.63) is 0 Å². The third-order valence-electron chi connectivity index (χ3n) is 2.20. The number of rotatable bonds is 3. The Balaban J connectivity index is 2.35. The third-order valence-corrected chi connectivity index (χ3v) is 2.20. The monoisotopic (exact) mass is 172 g/mol. The lowest BCUT2D eigenvalue weighted by atomic mass is 10.1. The van der Waals surface area contributed by atoms with Crippen LogP contribution in [0.15, 0.2) is 0 Å². The van der Waals surface area contributed by atoms with Gasteiger partial charge in [-0.2, -0.15) is 0 Å². The summed E-state index contributed by atoms with van der Waals surface area (Å²) in [5, 5.41) is 3.06. The van der Waals surface area contributed by atoms with Gasteiger partial charge in [-0.15, -0.1) is 0 Å². The molecule has 0 spiro atoms. The third kappa shape index (κ3) is 2.19. The van der Waals surface area contributed by atoms with Gasteiger partial charge in [-0.05, 0) is 20.0 Å². The first-order valence-corrected chi connectivity index (χ1v) is 4.23. The number of ether oxygens (including phenoxy) is 1. The van der Waals surface area contributed by atoms with Gasteiger partial charge >= 0.3 is 0 Å². The van der Waals surface area contributed by atoms with Gasteiger partial charge in [-0.25, -0.2) is 0 Å². The maximum atomic E-state index is 11.1. The Bertz CT molecular complexity index is 161. The summed E-state index contributed by atoms with van der Waals surface area (Å²) in [6.45, 7) is 1.84. The molecule has 4 heteroatoms. The molecule has 1 saturated heterocycles. The number of hydrogen-bond donors (Lipinski definition) is 1. The van der Waals surface area contributed by atoms with Gasteiger partial charge in [0.2, 0.25) is 5.91 Å². The summed E-state index contributed by atoms with van der Waals surface area (Å²) in [7, 11) is 3.75. The highest BCUT2D eigenvalue weighted by atomic mass is 16.5. The van der Waals surface area contributed by atoms with Crippen LogP contribution in [-0.4, -0.2) is 50.7 Å². The summed E-state index contributed by atoms with van der Waals surface area (Å²) in [6.07, 6.45) is 0.957. The summed E-state index contributed by atoms with van der Waals surface area (Å²) in [4.78, 5) is 12.9. The van der Waals surface area contributed by atoms with E-state index in [1.165, 1.54) is 0 Å². The molecule has 1 amide bonds. The number of carbonyl (C=O) groups excluding carboxylic acids is 1. The molecule has 0 aliphatic carbocycles. The first kappa shape index (κ1) is 9.48. The summed E-state index contributed by atoms with van der Waals surface area (Å²) in [5.41, 5.74) is 0. The van der Waals surface area contributed by atoms with E-state index in [9.17, 15) is 4.79 Å². The number of carbonyl (C=O) groups is 1. The minimum Gasteiger partial charge on any atom is -0.369 e. The van der Waals surface area contributed by atoms with Crippen molar-refractivity contribution in [2.45, 2.75) is 12.5 Å². The van der Waals surface area contributed by atoms with Gasteiger partial charge in [-0.1, -0.05) is 0 Å². The highest BCUT2D eigenvalue weighted by Gasteiger charge is 2.24. The summed E-state index contributed by atoms with van der Waals surface area (Å²) < 4.78 is 5.14. The van der Waals surface area contributed by atoms with Crippen molar-refractivity contribution in [1.29, 1.82) is 0 Å². The van der Waals surface area contributed by atoms with Crippen molar-refractivity contribution in [2.24, 2.45) is 0 Å². The molecule has 1 N–H and O–H groups in total. The fourth-order valence-electron chi connectivity index (χ4n) is 1.29. The summed E-state index contributed by atoms with van der Waals surface area (Å²) in [6, 6.07) is 0.249. The van der Waals surface area contributed by atoms with Crippen LogP contribution in [0.25, 0.3) is 0 Å². The second kappa shape index (κ2) is 4.42. The predicted molar refractivity (Wildman–Crippen MR) is 45.9 cm³/mol. The molecule has 0 bridgehead atoms. The van der Waals surface area contributed by atoms with Gasteiger partial charge in [0.1, 0.15) is 6.61 Å². The molecule has 1 rings (SSSR count). The van der Waals surface area contributed by atoms with E-state index in [2.05, 4.69) is 5.32 Å². The summed E-state index contributed by atoms with van der Waals surface area (Å²) >= 11 is 0. The molecular formula is C8H16N2O2. The highest BCUT2D eigenvalue weighted by Crippen LogP contribution is 2.07. The minimum absolute atomic E-state index is 0.0855. The van der Waals surface area contributed by atoms with Crippen LogP contribution in [0.2, 0.25) is 0 Å². The quantitative estimate of drug-likeness (QED) is 0.621. The van der Waals surface area contributed by atoms with Crippen LogP contribution in [0, 0.1) is 0 Å². The molecule has 70 valence electrons. The smallest absolute Gasteiger partial charge is 0.248 e. The highest BCUT2D eigenvalue weighted by molar-refractivity contribution is 5.78. The van der Waals surface area contributed by atoms with Crippen LogP contribution in [-0.2, 0) is 9.53 Å². The van der Waals surface area contributed by atoms with Gasteiger partial charge < -0.3 is 15.0 Å². The van der Waals surface area contributed by atoms with E-state index in [0.29, 0.717) is 6.61 Å². The number of nitrogens with one attached hydrogen (secondary N) is 1. The van der Waals surface area contributed by atoms with Crippen LogP contribution < -0.4 is 5.32 Å². The molecule has 1 heterocycles. The van der Waals surface area contributed by atoms with Gasteiger partial charge in [0, 0.05) is 7.05 Å². The van der Waals surface area contributed by atoms with Crippen molar-refractivity contribution < 1.29 is 9.53 Å². The largest absolute Gasteiger partial charge is 0.369 e. The standard InChI is InChI=1S/C8H16N2O2/c1-9-4-3-7-5-12-6-8(11)10(7)2/h7,9H,3-6H2,1-2H3. The number of likely N-dealkylation sites (N-methyl/N-ethyl adjacent to an activating group) is 1. The number of hydrogen-bond acceptors (Lipinski definition) is 3. The molecule has 0 aromatic rings. The molecule has 0 saturated carbocycles. The van der Waals surface area contributed by atoms with Gasteiger partial charge in [0.15, 0.2) is 0 Å². The molecule has 0 aromatic carbocycles. The van der Waals surface area contributed by atoms with Crippen LogP contribution >= 0.6 is 0 Å². The van der Waals surface area contributed by atoms with E-state index in [0.717, 1.165) is 13.0 Å². The van der Waals surface area contributed by atoms with Crippen molar-refractivity contribution in [3.8, 4) is 0 Å². The zero-order valence-electron chi connectivity index (χ0n) is 7.67. The number of nitrogens with zero attached hydrogens (tertiary/aromatic N) is 1. The molecule has 4 nitrogen and oxygen atoms in total. The van der Waals surface area contributed by atoms with E-state index in [1.807, 2.05) is 14.1 Å². The van der Waals surface area contributed by atoms with E-state index in [-0.39, 0.29) is 18.6 Å². The van der Waals surface area contributed by atoms with E-state index in [4.69, 9.17) is 4.74 Å². The normalized spacial score (nSPS) is 24.7. The molecule has 1 unspecified atom stereocenters. The Labute approximate surface area is 72.9 Å². The van der Waals surface area contributed by atoms with Crippen LogP contribution in [0.5, 0.6) is 0 Å². The first-order chi connectivity index (χ1) is 5.75. The lowest BCUT2D eigenvalue weighted by Gasteiger charge is -2.32. The second-order valence-electron chi connectivity index (χ2n) is 3.07. The fraction of sp³-hybridized carbons (Fsp3) is 0.875. The topological polar surface area (TPSA) is 41.6 Å². The van der Waals surface area contributed by atoms with E-state index in [1.54, 1.807) is 4.90 Å². The lowest BCUT2D eigenvalue weighted by Crippen LogP contribution is -2.47. The van der Waals surface area contributed by atoms with Crippen LogP contribution in [0.1, 0.15) is 6.42 Å². The Hall–Kier alpha value is -0.610. The first-order valence-electron chi connectivity index (χ1n) is 4.23. The maximum absolute atomic E-state index is 11.1. The maximum Gasteiger partial charge on any atom is 0.248 e. The van der Waals surface area contributed by atoms with Gasteiger partial charge in [-0.3, -0.25) is 4.79 Å². The number of morpholine rings is 1. The molecule has 12 heavy (non-hydrogen) atoms. The fourth-order valence-corrected chi connectivity index (χ4v) is 1.29. The molecule has 1 fully saturated rings. The predicted octanol–water partition coefficient (Wildman–Crippen LogP) is -0.547. The van der Waals surface area contributed by atoms with Gasteiger partial charge in [0.25, 0.3) is 0 Å². The van der Waals surface area contributed by atoms with Gasteiger partial charge in [0.05, 0.1) is 12.6 Å². The molecule has 1 aliphatic heterocycles. The SMILES string of the molecule is CNCCC1COCC(=O)N1C. The Morgan fingerprint density at radius 1 is 1.75 bits per heavy atom. The second-order valence-corrected chi connectivity index (χ2v) is 3.07. The average Bonchev–Trinajstić information content (AvgIpc) is 2.08. The van der Waals surface area contributed by atoms with Crippen molar-refractivity contribution in [1.82, 2.24) is 10.2 Å². The van der Waals surface area contributed by atoms with Crippen molar-refractivity contribution in [3.63, 3.8) is 0 Å². The Morgan fingerprint density at radius 2 is 2.50 bits per heavy atom. The molecular weight excluding hydrogens is 156 g/mol. The number of amides is 1. The van der Waals surface area contributed by atoms with Crippen molar-refractivity contribution in [2.75, 3.05) is 33.9 Å². The Kier molecular flexibility index (Phi) is 3.49. The zero-order valence-corrected chi connectivity index (χ0v) is 7.67. The summed E-state index contributed by atoms with van der Waals surface area (Å²) in [5.74, 6) is 0.0855. The van der Waals surface area contributed by atoms with Crippen LogP contribution in [0.4, 0.5) is 0 Å². The molecule has 1 atom stereocenters. The molecule has 0 radical (unpaired) electrons. The molecule has 1 aliphatic rings. The minimum atomic E-state index is 0.0855. The van der Waals surface area contributed by atoms with Crippen molar-refractivity contribution >= 4 is 5.91 Å². The molecule has 0 aromatic heterocycles. The lowest BCUT2D eigenvalue weighted by molar-refractivity contribution is -0.145. The van der Waals surface area contributed by atoms with E-state index < -0.39 is 0 Å². The average molecular weight is 172 g/mol. The Morgan fingerprint density at radius 3 is 3.17 bits per heavy atom. The van der Waals surface area contributed by atoms with E-state index >= 15 is 0 Å². The zero-order chi connectivity index (χ0) is 8.97.